The van der Waals surface area contributed by atoms with E-state index >= 15 is 0 Å². The molecule has 1 N–H and O–H groups in total. The van der Waals surface area contributed by atoms with E-state index in [0.717, 1.165) is 23.7 Å². The quantitative estimate of drug-likeness (QED) is 0.790. The van der Waals surface area contributed by atoms with Crippen molar-refractivity contribution in [1.82, 2.24) is 9.78 Å². The number of benzene rings is 1. The Morgan fingerprint density at radius 3 is 2.25 bits per heavy atom. The Labute approximate surface area is 162 Å². The maximum absolute atomic E-state index is 14.1. The number of carboxylic acid groups (broad SMARTS) is 1. The summed E-state index contributed by atoms with van der Waals surface area (Å²) >= 11 is 0. The highest BCUT2D eigenvalue weighted by atomic mass is 19.1. The monoisotopic (exact) mass is 395 g/mol. The summed E-state index contributed by atoms with van der Waals surface area (Å²) in [6, 6.07) is 3.24. The van der Waals surface area contributed by atoms with Gasteiger partial charge in [-0.3, -0.25) is 4.79 Å². The van der Waals surface area contributed by atoms with E-state index in [4.69, 9.17) is 19.9 Å². The Kier molecular flexibility index (Phi) is 10.1. The SMILES string of the molecule is CC.CC(=O)O.CCOC(=O)c1c(C)nn(-c2cc(F)c(C#N)cc2F)c1C. The van der Waals surface area contributed by atoms with Gasteiger partial charge < -0.3 is 9.84 Å². The summed E-state index contributed by atoms with van der Waals surface area (Å²) in [5.74, 6) is -3.07. The van der Waals surface area contributed by atoms with Crippen LogP contribution in [0.4, 0.5) is 8.78 Å². The van der Waals surface area contributed by atoms with E-state index < -0.39 is 29.1 Å². The van der Waals surface area contributed by atoms with E-state index in [0.29, 0.717) is 11.4 Å². The summed E-state index contributed by atoms with van der Waals surface area (Å²) in [6.45, 7) is 10.1. The molecule has 0 aliphatic heterocycles. The molecule has 0 spiro atoms. The number of ether oxygens (including phenoxy) is 1. The first-order valence-corrected chi connectivity index (χ1v) is 8.46. The van der Waals surface area contributed by atoms with Crippen LogP contribution in [0.3, 0.4) is 0 Å². The Morgan fingerprint density at radius 2 is 1.79 bits per heavy atom. The van der Waals surface area contributed by atoms with Crippen molar-refractivity contribution in [2.45, 2.75) is 41.5 Å². The lowest BCUT2D eigenvalue weighted by molar-refractivity contribution is -0.134. The van der Waals surface area contributed by atoms with Gasteiger partial charge in [0, 0.05) is 13.0 Å². The van der Waals surface area contributed by atoms with E-state index in [1.54, 1.807) is 26.8 Å². The standard InChI is InChI=1S/C15H13F2N3O2.C2H4O2.C2H6/c1-4-22-15(21)14-8(2)19-20(9(14)3)13-6-11(16)10(7-18)5-12(13)17;1-2(3)4;1-2/h5-6H,4H2,1-3H3;1H3,(H,3,4);1-2H3. The molecule has 1 aromatic carbocycles. The first-order chi connectivity index (χ1) is 13.1. The third-order valence-electron chi connectivity index (χ3n) is 3.16. The minimum atomic E-state index is -0.857. The Bertz CT molecular complexity index is 882. The highest BCUT2D eigenvalue weighted by Gasteiger charge is 2.22. The van der Waals surface area contributed by atoms with Crippen LogP contribution in [0.5, 0.6) is 0 Å². The van der Waals surface area contributed by atoms with Gasteiger partial charge in [-0.25, -0.2) is 18.3 Å². The molecule has 0 amide bonds. The van der Waals surface area contributed by atoms with Gasteiger partial charge in [0.15, 0.2) is 0 Å². The number of carboxylic acids is 1. The normalized spacial score (nSPS) is 9.25. The summed E-state index contributed by atoms with van der Waals surface area (Å²) in [5, 5.41) is 20.2. The highest BCUT2D eigenvalue weighted by Crippen LogP contribution is 2.23. The summed E-state index contributed by atoms with van der Waals surface area (Å²) in [5.41, 5.74) is 0.325. The number of nitrogens with zero attached hydrogens (tertiary/aromatic N) is 3. The number of esters is 1. The van der Waals surface area contributed by atoms with Crippen molar-refractivity contribution in [2.75, 3.05) is 6.61 Å². The number of nitriles is 1. The molecule has 0 atom stereocenters. The number of hydrogen-bond donors (Lipinski definition) is 1. The summed E-state index contributed by atoms with van der Waals surface area (Å²) in [6.07, 6.45) is 0. The molecule has 0 fully saturated rings. The van der Waals surface area contributed by atoms with E-state index in [-0.39, 0.29) is 17.9 Å². The van der Waals surface area contributed by atoms with Crippen LogP contribution in [-0.4, -0.2) is 33.4 Å². The fourth-order valence-corrected chi connectivity index (χ4v) is 2.16. The van der Waals surface area contributed by atoms with Crippen LogP contribution in [0.25, 0.3) is 5.69 Å². The summed E-state index contributed by atoms with van der Waals surface area (Å²) in [4.78, 5) is 20.9. The van der Waals surface area contributed by atoms with Gasteiger partial charge in [-0.05, 0) is 26.8 Å². The van der Waals surface area contributed by atoms with Crippen LogP contribution >= 0.6 is 0 Å². The number of carbonyl (C=O) groups is 2. The zero-order valence-corrected chi connectivity index (χ0v) is 16.6. The molecule has 2 aromatic rings. The van der Waals surface area contributed by atoms with Crippen molar-refractivity contribution in [3.63, 3.8) is 0 Å². The Balaban J connectivity index is 0.00000108. The molecule has 1 heterocycles. The van der Waals surface area contributed by atoms with Gasteiger partial charge in [0.1, 0.15) is 29.0 Å². The number of rotatable bonds is 3. The van der Waals surface area contributed by atoms with Gasteiger partial charge >= 0.3 is 5.97 Å². The van der Waals surface area contributed by atoms with Crippen molar-refractivity contribution >= 4 is 11.9 Å². The minimum Gasteiger partial charge on any atom is -0.481 e. The molecule has 28 heavy (non-hydrogen) atoms. The minimum absolute atomic E-state index is 0.173. The second kappa shape index (κ2) is 11.4. The van der Waals surface area contributed by atoms with E-state index in [2.05, 4.69) is 5.10 Å². The largest absolute Gasteiger partial charge is 0.481 e. The number of carbonyl (C=O) groups excluding carboxylic acids is 1. The van der Waals surface area contributed by atoms with Crippen LogP contribution in [0.1, 0.15) is 55.0 Å². The summed E-state index contributed by atoms with van der Waals surface area (Å²) < 4.78 is 33.8. The highest BCUT2D eigenvalue weighted by molar-refractivity contribution is 5.92. The number of aryl methyl sites for hydroxylation is 1. The number of aromatic nitrogens is 2. The van der Waals surface area contributed by atoms with Crippen molar-refractivity contribution in [1.29, 1.82) is 5.26 Å². The lowest BCUT2D eigenvalue weighted by atomic mass is 10.1. The molecule has 152 valence electrons. The fourth-order valence-electron chi connectivity index (χ4n) is 2.16. The second-order valence-corrected chi connectivity index (χ2v) is 5.09. The predicted octanol–water partition coefficient (Wildman–Crippen LogP) is 3.93. The lowest BCUT2D eigenvalue weighted by Gasteiger charge is -2.07. The molecule has 0 radical (unpaired) electrons. The Morgan fingerprint density at radius 1 is 1.25 bits per heavy atom. The maximum Gasteiger partial charge on any atom is 0.341 e. The molecule has 0 saturated carbocycles. The number of hydrogen-bond acceptors (Lipinski definition) is 5. The van der Waals surface area contributed by atoms with Gasteiger partial charge in [0.05, 0.1) is 23.6 Å². The maximum atomic E-state index is 14.1. The van der Waals surface area contributed by atoms with Crippen molar-refractivity contribution < 1.29 is 28.2 Å². The third-order valence-corrected chi connectivity index (χ3v) is 3.16. The molecule has 2 rings (SSSR count). The molecule has 9 heteroatoms. The second-order valence-electron chi connectivity index (χ2n) is 5.09. The Hall–Kier alpha value is -3.28. The zero-order chi connectivity index (χ0) is 22.0. The van der Waals surface area contributed by atoms with Gasteiger partial charge in [-0.15, -0.1) is 0 Å². The van der Waals surface area contributed by atoms with Gasteiger partial charge in [-0.2, -0.15) is 10.4 Å². The van der Waals surface area contributed by atoms with E-state index in [1.165, 1.54) is 0 Å². The topological polar surface area (TPSA) is 105 Å². The van der Waals surface area contributed by atoms with Crippen molar-refractivity contribution in [2.24, 2.45) is 0 Å². The first kappa shape index (κ1) is 24.7. The summed E-state index contributed by atoms with van der Waals surface area (Å²) in [7, 11) is 0. The zero-order valence-electron chi connectivity index (χ0n) is 16.6. The first-order valence-electron chi connectivity index (χ1n) is 8.46. The van der Waals surface area contributed by atoms with Gasteiger partial charge in [-0.1, -0.05) is 13.8 Å². The van der Waals surface area contributed by atoms with Crippen LogP contribution < -0.4 is 0 Å². The van der Waals surface area contributed by atoms with Gasteiger partial charge in [0.2, 0.25) is 0 Å². The molecule has 1 aromatic heterocycles. The van der Waals surface area contributed by atoms with E-state index in [9.17, 15) is 13.6 Å². The van der Waals surface area contributed by atoms with Crippen molar-refractivity contribution in [3.05, 3.63) is 46.3 Å². The van der Waals surface area contributed by atoms with E-state index in [1.807, 2.05) is 13.8 Å². The third kappa shape index (κ3) is 6.16. The molecule has 0 aliphatic carbocycles. The molecule has 7 nitrogen and oxygen atoms in total. The average molecular weight is 395 g/mol. The molecule has 0 saturated heterocycles. The number of halogens is 2. The molecular formula is C19H23F2N3O4. The van der Waals surface area contributed by atoms with Crippen LogP contribution in [0, 0.1) is 36.8 Å². The fraction of sp³-hybridized carbons (Fsp3) is 0.368. The van der Waals surface area contributed by atoms with Crippen LogP contribution in [-0.2, 0) is 9.53 Å². The van der Waals surface area contributed by atoms with Crippen LogP contribution in [0.2, 0.25) is 0 Å². The lowest BCUT2D eigenvalue weighted by Crippen LogP contribution is -2.08. The molecule has 0 aliphatic rings. The number of aliphatic carboxylic acids is 1. The average Bonchev–Trinajstić information content (AvgIpc) is 2.92. The molecule has 0 bridgehead atoms. The molecular weight excluding hydrogens is 372 g/mol. The molecule has 0 unspecified atom stereocenters. The van der Waals surface area contributed by atoms with Gasteiger partial charge in [0.25, 0.3) is 5.97 Å². The van der Waals surface area contributed by atoms with Crippen LogP contribution in [0.15, 0.2) is 12.1 Å². The smallest absolute Gasteiger partial charge is 0.341 e. The van der Waals surface area contributed by atoms with Crippen molar-refractivity contribution in [3.8, 4) is 11.8 Å². The predicted molar refractivity (Wildman–Crippen MR) is 98.3 cm³/mol.